The number of amides is 1. The first-order valence-electron chi connectivity index (χ1n) is 5.88. The number of carboxylic acid groups (broad SMARTS) is 1. The van der Waals surface area contributed by atoms with Crippen LogP contribution in [0.4, 0.5) is 0 Å². The van der Waals surface area contributed by atoms with E-state index in [-0.39, 0.29) is 18.1 Å². The Kier molecular flexibility index (Phi) is 5.38. The van der Waals surface area contributed by atoms with E-state index in [0.717, 1.165) is 13.1 Å². The van der Waals surface area contributed by atoms with Crippen LogP contribution in [0, 0.1) is 0 Å². The highest BCUT2D eigenvalue weighted by molar-refractivity contribution is 5.86. The first kappa shape index (κ1) is 14.2. The van der Waals surface area contributed by atoms with Crippen LogP contribution in [0.15, 0.2) is 18.3 Å². The average Bonchev–Trinajstić information content (AvgIpc) is 2.76. The number of aromatic carboxylic acids is 1. The minimum absolute atomic E-state index is 0.0322. The molecule has 0 spiro atoms. The molecule has 0 fully saturated rings. The summed E-state index contributed by atoms with van der Waals surface area (Å²) >= 11 is 0. The molecule has 0 aromatic carbocycles. The normalized spacial score (nSPS) is 10.6. The zero-order valence-electron chi connectivity index (χ0n) is 10.7. The number of carbonyl (C=O) groups is 2. The van der Waals surface area contributed by atoms with Crippen LogP contribution in [-0.4, -0.2) is 53.1 Å². The van der Waals surface area contributed by atoms with Gasteiger partial charge in [-0.1, -0.05) is 6.92 Å². The Balaban J connectivity index is 2.40. The van der Waals surface area contributed by atoms with Crippen LogP contribution in [-0.2, 0) is 11.3 Å². The standard InChI is InChI=1S/C12H19N3O3/c1-3-14(2)8-6-13-11(16)9-15-7-4-5-10(15)12(17)18/h4-5,7H,3,6,8-9H2,1-2H3,(H,13,16)(H,17,18). The third-order valence-corrected chi connectivity index (χ3v) is 2.72. The van der Waals surface area contributed by atoms with E-state index in [0.29, 0.717) is 6.54 Å². The fourth-order valence-electron chi connectivity index (χ4n) is 1.50. The van der Waals surface area contributed by atoms with Crippen molar-refractivity contribution in [1.29, 1.82) is 0 Å². The molecular formula is C12H19N3O3. The van der Waals surface area contributed by atoms with Gasteiger partial charge in [-0.3, -0.25) is 4.79 Å². The molecule has 1 aromatic rings. The van der Waals surface area contributed by atoms with Crippen molar-refractivity contribution in [2.75, 3.05) is 26.7 Å². The number of aromatic nitrogens is 1. The van der Waals surface area contributed by atoms with Crippen molar-refractivity contribution in [3.8, 4) is 0 Å². The van der Waals surface area contributed by atoms with Crippen molar-refractivity contribution >= 4 is 11.9 Å². The minimum Gasteiger partial charge on any atom is -0.477 e. The van der Waals surface area contributed by atoms with Gasteiger partial charge in [-0.05, 0) is 25.7 Å². The maximum absolute atomic E-state index is 11.6. The Morgan fingerprint density at radius 3 is 2.83 bits per heavy atom. The summed E-state index contributed by atoms with van der Waals surface area (Å²) in [6.45, 7) is 4.34. The molecule has 2 N–H and O–H groups in total. The number of nitrogens with zero attached hydrogens (tertiary/aromatic N) is 2. The van der Waals surface area contributed by atoms with E-state index < -0.39 is 5.97 Å². The second-order valence-corrected chi connectivity index (χ2v) is 4.07. The van der Waals surface area contributed by atoms with Crippen LogP contribution in [0.1, 0.15) is 17.4 Å². The van der Waals surface area contributed by atoms with Crippen molar-refractivity contribution < 1.29 is 14.7 Å². The molecule has 6 nitrogen and oxygen atoms in total. The van der Waals surface area contributed by atoms with Gasteiger partial charge >= 0.3 is 5.97 Å². The van der Waals surface area contributed by atoms with E-state index in [9.17, 15) is 9.59 Å². The summed E-state index contributed by atoms with van der Waals surface area (Å²) in [6.07, 6.45) is 1.58. The summed E-state index contributed by atoms with van der Waals surface area (Å²) in [6, 6.07) is 3.09. The SMILES string of the molecule is CCN(C)CCNC(=O)Cn1cccc1C(=O)O. The van der Waals surface area contributed by atoms with E-state index >= 15 is 0 Å². The smallest absolute Gasteiger partial charge is 0.352 e. The third-order valence-electron chi connectivity index (χ3n) is 2.72. The van der Waals surface area contributed by atoms with Crippen molar-refractivity contribution in [2.45, 2.75) is 13.5 Å². The summed E-state index contributed by atoms with van der Waals surface area (Å²) in [7, 11) is 1.97. The van der Waals surface area contributed by atoms with Gasteiger partial charge in [0.05, 0.1) is 0 Å². The second-order valence-electron chi connectivity index (χ2n) is 4.07. The van der Waals surface area contributed by atoms with Crippen LogP contribution >= 0.6 is 0 Å². The highest BCUT2D eigenvalue weighted by Gasteiger charge is 2.11. The van der Waals surface area contributed by atoms with Gasteiger partial charge in [0.15, 0.2) is 0 Å². The molecule has 6 heteroatoms. The van der Waals surface area contributed by atoms with Crippen molar-refractivity contribution in [3.63, 3.8) is 0 Å². The monoisotopic (exact) mass is 253 g/mol. The van der Waals surface area contributed by atoms with E-state index in [1.807, 2.05) is 14.0 Å². The summed E-state index contributed by atoms with van der Waals surface area (Å²) < 4.78 is 1.42. The van der Waals surface area contributed by atoms with E-state index in [1.165, 1.54) is 10.6 Å². The van der Waals surface area contributed by atoms with Gasteiger partial charge < -0.3 is 19.9 Å². The van der Waals surface area contributed by atoms with E-state index in [4.69, 9.17) is 5.11 Å². The molecule has 100 valence electrons. The van der Waals surface area contributed by atoms with Crippen LogP contribution < -0.4 is 5.32 Å². The second kappa shape index (κ2) is 6.80. The molecule has 0 saturated carbocycles. The number of likely N-dealkylation sites (N-methyl/N-ethyl adjacent to an activating group) is 1. The maximum Gasteiger partial charge on any atom is 0.352 e. The van der Waals surface area contributed by atoms with Gasteiger partial charge in [-0.2, -0.15) is 0 Å². The Morgan fingerprint density at radius 1 is 1.50 bits per heavy atom. The molecule has 0 aliphatic carbocycles. The highest BCUT2D eigenvalue weighted by atomic mass is 16.4. The molecule has 1 heterocycles. The number of carboxylic acids is 1. The van der Waals surface area contributed by atoms with E-state index in [1.54, 1.807) is 12.3 Å². The number of nitrogens with one attached hydrogen (secondary N) is 1. The van der Waals surface area contributed by atoms with Crippen molar-refractivity contribution in [3.05, 3.63) is 24.0 Å². The van der Waals surface area contributed by atoms with Crippen LogP contribution in [0.5, 0.6) is 0 Å². The molecule has 0 radical (unpaired) electrons. The summed E-state index contributed by atoms with van der Waals surface area (Å²) in [5.41, 5.74) is 0.121. The van der Waals surface area contributed by atoms with Gasteiger partial charge in [0.1, 0.15) is 12.2 Å². The Hall–Kier alpha value is -1.82. The van der Waals surface area contributed by atoms with Crippen molar-refractivity contribution in [1.82, 2.24) is 14.8 Å². The van der Waals surface area contributed by atoms with Gasteiger partial charge in [0, 0.05) is 19.3 Å². The molecule has 0 bridgehead atoms. The number of rotatable bonds is 7. The molecule has 0 atom stereocenters. The predicted molar refractivity (Wildman–Crippen MR) is 67.6 cm³/mol. The van der Waals surface area contributed by atoms with Crippen LogP contribution in [0.2, 0.25) is 0 Å². The zero-order chi connectivity index (χ0) is 13.5. The Bertz CT molecular complexity index is 414. The molecule has 0 unspecified atom stereocenters. The number of carbonyl (C=O) groups excluding carboxylic acids is 1. The lowest BCUT2D eigenvalue weighted by atomic mass is 10.4. The largest absolute Gasteiger partial charge is 0.477 e. The molecule has 1 rings (SSSR count). The number of hydrogen-bond donors (Lipinski definition) is 2. The highest BCUT2D eigenvalue weighted by Crippen LogP contribution is 2.01. The molecule has 1 aromatic heterocycles. The summed E-state index contributed by atoms with van der Waals surface area (Å²) in [5.74, 6) is -1.21. The minimum atomic E-state index is -1.03. The summed E-state index contributed by atoms with van der Waals surface area (Å²) in [5, 5.41) is 11.6. The fourth-order valence-corrected chi connectivity index (χ4v) is 1.50. The molecule has 1 amide bonds. The third kappa shape index (κ3) is 4.21. The van der Waals surface area contributed by atoms with Gasteiger partial charge in [0.2, 0.25) is 5.91 Å². The lowest BCUT2D eigenvalue weighted by molar-refractivity contribution is -0.121. The average molecular weight is 253 g/mol. The molecule has 0 saturated heterocycles. The fraction of sp³-hybridized carbons (Fsp3) is 0.500. The predicted octanol–water partition coefficient (Wildman–Crippen LogP) is 0.254. The quantitative estimate of drug-likeness (QED) is 0.730. The van der Waals surface area contributed by atoms with Gasteiger partial charge in [0.25, 0.3) is 0 Å². The Morgan fingerprint density at radius 2 is 2.22 bits per heavy atom. The Labute approximate surface area is 106 Å². The van der Waals surface area contributed by atoms with Crippen LogP contribution in [0.25, 0.3) is 0 Å². The van der Waals surface area contributed by atoms with E-state index in [2.05, 4.69) is 10.2 Å². The van der Waals surface area contributed by atoms with Crippen molar-refractivity contribution in [2.24, 2.45) is 0 Å². The molecular weight excluding hydrogens is 234 g/mol. The maximum atomic E-state index is 11.6. The lowest BCUT2D eigenvalue weighted by Crippen LogP contribution is -2.35. The zero-order valence-corrected chi connectivity index (χ0v) is 10.7. The van der Waals surface area contributed by atoms with Crippen LogP contribution in [0.3, 0.4) is 0 Å². The lowest BCUT2D eigenvalue weighted by Gasteiger charge is -2.14. The molecule has 18 heavy (non-hydrogen) atoms. The topological polar surface area (TPSA) is 74.6 Å². The molecule has 0 aliphatic rings. The number of hydrogen-bond acceptors (Lipinski definition) is 3. The first-order valence-corrected chi connectivity index (χ1v) is 5.88. The van der Waals surface area contributed by atoms with Gasteiger partial charge in [-0.15, -0.1) is 0 Å². The van der Waals surface area contributed by atoms with Gasteiger partial charge in [-0.25, -0.2) is 4.79 Å². The summed E-state index contributed by atoms with van der Waals surface area (Å²) in [4.78, 5) is 24.5. The first-order chi connectivity index (χ1) is 8.54. The molecule has 0 aliphatic heterocycles.